The molecule has 0 aromatic heterocycles. The lowest BCUT2D eigenvalue weighted by molar-refractivity contribution is -0.126. The maximum atomic E-state index is 12.9. The zero-order valence-electron chi connectivity index (χ0n) is 16.6. The van der Waals surface area contributed by atoms with Crippen LogP contribution in [0.1, 0.15) is 43.9 Å². The lowest BCUT2D eigenvalue weighted by Gasteiger charge is -2.25. The van der Waals surface area contributed by atoms with Gasteiger partial charge in [-0.1, -0.05) is 23.7 Å². The number of rotatable bonds is 7. The number of carbonyl (C=O) groups is 5. The molecule has 0 fully saturated rings. The third-order valence-electron chi connectivity index (χ3n) is 4.78. The van der Waals surface area contributed by atoms with E-state index >= 15 is 0 Å². The highest BCUT2D eigenvalue weighted by atomic mass is 35.5. The molecule has 0 saturated carbocycles. The summed E-state index contributed by atoms with van der Waals surface area (Å²) in [5.74, 6) is -2.69. The van der Waals surface area contributed by atoms with Crippen LogP contribution in [0.4, 0.5) is 4.79 Å². The van der Waals surface area contributed by atoms with E-state index in [-0.39, 0.29) is 36.1 Å². The minimum atomic E-state index is -1.26. The summed E-state index contributed by atoms with van der Waals surface area (Å²) in [4.78, 5) is 62.2. The Hall–Kier alpha value is -3.92. The summed E-state index contributed by atoms with van der Waals surface area (Å²) in [5.41, 5.74) is 5.05. The summed E-state index contributed by atoms with van der Waals surface area (Å²) in [6.07, 6.45) is -1.08. The van der Waals surface area contributed by atoms with Gasteiger partial charge >= 0.3 is 6.09 Å². The quantitative estimate of drug-likeness (QED) is 0.283. The van der Waals surface area contributed by atoms with E-state index in [0.717, 1.165) is 4.90 Å². The van der Waals surface area contributed by atoms with Crippen LogP contribution >= 0.6 is 11.6 Å². The van der Waals surface area contributed by atoms with Gasteiger partial charge in [0.25, 0.3) is 23.6 Å². The van der Waals surface area contributed by atoms with Crippen LogP contribution in [-0.2, 0) is 4.79 Å². The first-order valence-corrected chi connectivity index (χ1v) is 9.97. The smallest absolute Gasteiger partial charge is 0.404 e. The number of imide groups is 1. The van der Waals surface area contributed by atoms with Crippen LogP contribution in [0.2, 0.25) is 5.02 Å². The molecule has 10 nitrogen and oxygen atoms in total. The molecular formula is C21H19ClN4O6. The molecule has 166 valence electrons. The molecule has 1 atom stereocenters. The number of halogens is 1. The number of hydrazine groups is 1. The molecule has 0 spiro atoms. The van der Waals surface area contributed by atoms with Gasteiger partial charge in [0.1, 0.15) is 6.04 Å². The SMILES string of the molecule is O=C(O)NCCC[C@@H](C(=O)NNC(=O)c1ccc(Cl)cc1)N1C(=O)c2ccccc2C1=O. The second-order valence-electron chi connectivity index (χ2n) is 6.87. The first-order valence-electron chi connectivity index (χ1n) is 9.59. The van der Waals surface area contributed by atoms with Crippen molar-refractivity contribution in [2.45, 2.75) is 18.9 Å². The second kappa shape index (κ2) is 9.92. The monoisotopic (exact) mass is 458 g/mol. The van der Waals surface area contributed by atoms with Crippen LogP contribution in [0.5, 0.6) is 0 Å². The summed E-state index contributed by atoms with van der Waals surface area (Å²) in [6, 6.07) is 10.9. The summed E-state index contributed by atoms with van der Waals surface area (Å²) in [7, 11) is 0. The molecule has 2 aromatic carbocycles. The molecule has 0 unspecified atom stereocenters. The molecule has 32 heavy (non-hydrogen) atoms. The Bertz CT molecular complexity index is 1040. The van der Waals surface area contributed by atoms with Crippen LogP contribution in [0.15, 0.2) is 48.5 Å². The van der Waals surface area contributed by atoms with Gasteiger partial charge in [-0.05, 0) is 49.2 Å². The van der Waals surface area contributed by atoms with Gasteiger partial charge < -0.3 is 10.4 Å². The highest BCUT2D eigenvalue weighted by Crippen LogP contribution is 2.26. The standard InChI is InChI=1S/C21H19ClN4O6/c22-13-9-7-12(8-10-13)17(27)24-25-18(28)16(6-3-11-23-21(31)32)26-19(29)14-4-1-2-5-15(14)20(26)30/h1-2,4-5,7-10,16,23H,3,6,11H2,(H,24,27)(H,25,28)(H,31,32)/t16-/m0/s1. The van der Waals surface area contributed by atoms with E-state index in [1.807, 2.05) is 0 Å². The maximum absolute atomic E-state index is 12.9. The Morgan fingerprint density at radius 3 is 2.09 bits per heavy atom. The summed E-state index contributed by atoms with van der Waals surface area (Å²) < 4.78 is 0. The van der Waals surface area contributed by atoms with Crippen molar-refractivity contribution in [2.24, 2.45) is 0 Å². The van der Waals surface area contributed by atoms with Gasteiger partial charge in [-0.3, -0.25) is 34.9 Å². The Balaban J connectivity index is 1.73. The van der Waals surface area contributed by atoms with E-state index in [4.69, 9.17) is 16.7 Å². The number of carboxylic acid groups (broad SMARTS) is 1. The van der Waals surface area contributed by atoms with Crippen molar-refractivity contribution in [3.8, 4) is 0 Å². The fourth-order valence-corrected chi connectivity index (χ4v) is 3.36. The topological polar surface area (TPSA) is 145 Å². The third-order valence-corrected chi connectivity index (χ3v) is 5.03. The van der Waals surface area contributed by atoms with E-state index in [9.17, 15) is 24.0 Å². The molecule has 0 saturated heterocycles. The largest absolute Gasteiger partial charge is 0.465 e. The average molecular weight is 459 g/mol. The predicted octanol–water partition coefficient (Wildman–Crippen LogP) is 1.81. The van der Waals surface area contributed by atoms with Gasteiger partial charge in [-0.15, -0.1) is 0 Å². The molecule has 11 heteroatoms. The number of carbonyl (C=O) groups excluding carboxylic acids is 4. The van der Waals surface area contributed by atoms with Crippen LogP contribution in [0.25, 0.3) is 0 Å². The van der Waals surface area contributed by atoms with E-state index in [1.165, 1.54) is 36.4 Å². The number of nitrogens with one attached hydrogen (secondary N) is 3. The molecule has 0 bridgehead atoms. The molecule has 3 rings (SSSR count). The summed E-state index contributed by atoms with van der Waals surface area (Å²) >= 11 is 5.79. The number of hydrogen-bond acceptors (Lipinski definition) is 5. The molecular weight excluding hydrogens is 440 g/mol. The van der Waals surface area contributed by atoms with E-state index in [1.54, 1.807) is 12.1 Å². The molecule has 1 heterocycles. The van der Waals surface area contributed by atoms with Gasteiger partial charge in [-0.25, -0.2) is 4.79 Å². The van der Waals surface area contributed by atoms with Crippen molar-refractivity contribution in [3.63, 3.8) is 0 Å². The van der Waals surface area contributed by atoms with E-state index in [0.29, 0.717) is 5.02 Å². The molecule has 5 amide bonds. The lowest BCUT2D eigenvalue weighted by atomic mass is 10.1. The zero-order chi connectivity index (χ0) is 23.3. The van der Waals surface area contributed by atoms with E-state index < -0.39 is 35.8 Å². The van der Waals surface area contributed by atoms with Crippen molar-refractivity contribution in [3.05, 3.63) is 70.2 Å². The highest BCUT2D eigenvalue weighted by Gasteiger charge is 2.42. The lowest BCUT2D eigenvalue weighted by Crippen LogP contribution is -2.54. The molecule has 1 aliphatic heterocycles. The first kappa shape index (κ1) is 22.8. The minimum Gasteiger partial charge on any atom is -0.465 e. The number of benzene rings is 2. The molecule has 1 aliphatic rings. The van der Waals surface area contributed by atoms with E-state index in [2.05, 4.69) is 16.2 Å². The van der Waals surface area contributed by atoms with Crippen LogP contribution in [-0.4, -0.2) is 52.3 Å². The van der Waals surface area contributed by atoms with Crippen molar-refractivity contribution in [1.82, 2.24) is 21.1 Å². The van der Waals surface area contributed by atoms with Crippen molar-refractivity contribution in [2.75, 3.05) is 6.54 Å². The number of hydrogen-bond donors (Lipinski definition) is 4. The molecule has 2 aromatic rings. The van der Waals surface area contributed by atoms with Gasteiger partial charge in [0.2, 0.25) is 0 Å². The second-order valence-corrected chi connectivity index (χ2v) is 7.30. The normalized spacial score (nSPS) is 13.3. The Morgan fingerprint density at radius 2 is 1.53 bits per heavy atom. The zero-order valence-corrected chi connectivity index (χ0v) is 17.4. The summed E-state index contributed by atoms with van der Waals surface area (Å²) in [6.45, 7) is 0.0133. The van der Waals surface area contributed by atoms with Crippen molar-refractivity contribution < 1.29 is 29.1 Å². The van der Waals surface area contributed by atoms with Gasteiger partial charge in [0, 0.05) is 17.1 Å². The van der Waals surface area contributed by atoms with Gasteiger partial charge in [-0.2, -0.15) is 0 Å². The van der Waals surface area contributed by atoms with Crippen LogP contribution < -0.4 is 16.2 Å². The number of nitrogens with zero attached hydrogens (tertiary/aromatic N) is 1. The number of fused-ring (bicyclic) bond motifs is 1. The predicted molar refractivity (Wildman–Crippen MR) is 113 cm³/mol. The molecule has 4 N–H and O–H groups in total. The van der Waals surface area contributed by atoms with Gasteiger partial charge in [0.05, 0.1) is 11.1 Å². The fourth-order valence-electron chi connectivity index (χ4n) is 3.23. The Morgan fingerprint density at radius 1 is 0.938 bits per heavy atom. The average Bonchev–Trinajstić information content (AvgIpc) is 3.03. The Kier molecular flexibility index (Phi) is 7.06. The van der Waals surface area contributed by atoms with Crippen molar-refractivity contribution >= 4 is 41.3 Å². The first-order chi connectivity index (χ1) is 15.3. The summed E-state index contributed by atoms with van der Waals surface area (Å²) in [5, 5.41) is 11.3. The van der Waals surface area contributed by atoms with Gasteiger partial charge in [0.15, 0.2) is 0 Å². The molecule has 0 aliphatic carbocycles. The fraction of sp³-hybridized carbons (Fsp3) is 0.190. The minimum absolute atomic E-state index is 0.0133. The van der Waals surface area contributed by atoms with Crippen LogP contribution in [0.3, 0.4) is 0 Å². The molecule has 0 radical (unpaired) electrons. The highest BCUT2D eigenvalue weighted by molar-refractivity contribution is 6.30. The Labute approximate surface area is 187 Å². The van der Waals surface area contributed by atoms with Crippen molar-refractivity contribution in [1.29, 1.82) is 0 Å². The number of amides is 5. The third kappa shape index (κ3) is 5.03. The van der Waals surface area contributed by atoms with Crippen LogP contribution in [0, 0.1) is 0 Å². The maximum Gasteiger partial charge on any atom is 0.404 e.